The molecule has 0 aliphatic carbocycles. The van der Waals surface area contributed by atoms with Gasteiger partial charge < -0.3 is 0 Å². The van der Waals surface area contributed by atoms with Gasteiger partial charge in [-0.25, -0.2) is 0 Å². The Morgan fingerprint density at radius 3 is 2.45 bits per heavy atom. The Morgan fingerprint density at radius 2 is 1.90 bits per heavy atom. The monoisotopic (exact) mass is 293 g/mol. The number of hydrogen-bond acceptors (Lipinski definition) is 3. The van der Waals surface area contributed by atoms with Crippen LogP contribution < -0.4 is 4.72 Å². The summed E-state index contributed by atoms with van der Waals surface area (Å²) in [4.78, 5) is 0. The van der Waals surface area contributed by atoms with E-state index in [2.05, 4.69) is 11.6 Å². The van der Waals surface area contributed by atoms with Crippen LogP contribution in [0.15, 0.2) is 24.3 Å². The molecule has 6 heteroatoms. The molecule has 1 fully saturated rings. The van der Waals surface area contributed by atoms with Gasteiger partial charge in [-0.05, 0) is 36.5 Å². The normalized spacial score (nSPS) is 17.8. The molecule has 1 N–H and O–H groups in total. The summed E-state index contributed by atoms with van der Waals surface area (Å²) in [7, 11) is -3.40. The van der Waals surface area contributed by atoms with Crippen molar-refractivity contribution >= 4 is 10.2 Å². The molecular weight excluding hydrogens is 274 g/mol. The van der Waals surface area contributed by atoms with Gasteiger partial charge in [0.15, 0.2) is 0 Å². The lowest BCUT2D eigenvalue weighted by Crippen LogP contribution is -2.44. The molecular formula is C14H19N3O2S. The minimum atomic E-state index is -3.40. The molecule has 1 saturated heterocycles. The van der Waals surface area contributed by atoms with Crippen molar-refractivity contribution in [2.75, 3.05) is 13.1 Å². The zero-order chi connectivity index (χ0) is 14.6. The first-order chi connectivity index (χ1) is 9.51. The van der Waals surface area contributed by atoms with Gasteiger partial charge in [-0.15, -0.1) is 0 Å². The molecule has 0 bridgehead atoms. The molecule has 0 atom stereocenters. The van der Waals surface area contributed by atoms with Crippen LogP contribution in [0.3, 0.4) is 0 Å². The lowest BCUT2D eigenvalue weighted by molar-refractivity contribution is 0.285. The van der Waals surface area contributed by atoms with Crippen molar-refractivity contribution in [3.63, 3.8) is 0 Å². The quantitative estimate of drug-likeness (QED) is 0.917. The third kappa shape index (κ3) is 3.79. The van der Waals surface area contributed by atoms with Gasteiger partial charge in [0.1, 0.15) is 0 Å². The van der Waals surface area contributed by atoms with Crippen LogP contribution in [0.2, 0.25) is 0 Å². The third-order valence-corrected chi connectivity index (χ3v) is 5.18. The number of nitriles is 1. The van der Waals surface area contributed by atoms with Crippen LogP contribution in [0.5, 0.6) is 0 Å². The smallest absolute Gasteiger partial charge is 0.198 e. The molecule has 0 saturated carbocycles. The van der Waals surface area contributed by atoms with Crippen LogP contribution in [0, 0.1) is 17.2 Å². The highest BCUT2D eigenvalue weighted by atomic mass is 32.2. The number of piperidine rings is 1. The summed E-state index contributed by atoms with van der Waals surface area (Å²) in [5.41, 5.74) is 1.42. The molecule has 1 aliphatic rings. The summed E-state index contributed by atoms with van der Waals surface area (Å²) in [6.07, 6.45) is 1.83. The van der Waals surface area contributed by atoms with E-state index in [-0.39, 0.29) is 6.54 Å². The largest absolute Gasteiger partial charge is 0.279 e. The van der Waals surface area contributed by atoms with Crippen molar-refractivity contribution in [3.05, 3.63) is 35.4 Å². The first-order valence-corrected chi connectivity index (χ1v) is 8.19. The van der Waals surface area contributed by atoms with E-state index in [0.717, 1.165) is 18.4 Å². The van der Waals surface area contributed by atoms with E-state index in [4.69, 9.17) is 5.26 Å². The van der Waals surface area contributed by atoms with E-state index in [1.807, 2.05) is 6.07 Å². The first kappa shape index (κ1) is 15.0. The highest BCUT2D eigenvalue weighted by Gasteiger charge is 2.25. The topological polar surface area (TPSA) is 73.2 Å². The van der Waals surface area contributed by atoms with Crippen LogP contribution in [-0.4, -0.2) is 25.8 Å². The number of rotatable bonds is 4. The number of nitrogens with one attached hydrogen (secondary N) is 1. The summed E-state index contributed by atoms with van der Waals surface area (Å²) in [6, 6.07) is 8.94. The molecule has 0 spiro atoms. The van der Waals surface area contributed by atoms with Gasteiger partial charge in [0.05, 0.1) is 11.6 Å². The molecule has 0 unspecified atom stereocenters. The molecule has 1 aliphatic heterocycles. The fourth-order valence-corrected chi connectivity index (χ4v) is 3.41. The minimum absolute atomic E-state index is 0.250. The zero-order valence-electron chi connectivity index (χ0n) is 11.5. The molecule has 1 aromatic rings. The van der Waals surface area contributed by atoms with Gasteiger partial charge in [0.2, 0.25) is 0 Å². The van der Waals surface area contributed by atoms with Gasteiger partial charge in [-0.2, -0.15) is 22.7 Å². The Morgan fingerprint density at radius 1 is 1.30 bits per heavy atom. The summed E-state index contributed by atoms with van der Waals surface area (Å²) < 4.78 is 28.4. The van der Waals surface area contributed by atoms with Gasteiger partial charge in [-0.1, -0.05) is 19.1 Å². The lowest BCUT2D eigenvalue weighted by atomic mass is 10.0. The first-order valence-electron chi connectivity index (χ1n) is 6.75. The molecule has 2 rings (SSSR count). The van der Waals surface area contributed by atoms with Crippen LogP contribution >= 0.6 is 0 Å². The van der Waals surface area contributed by atoms with E-state index >= 15 is 0 Å². The molecule has 1 aromatic carbocycles. The zero-order valence-corrected chi connectivity index (χ0v) is 12.4. The lowest BCUT2D eigenvalue weighted by Gasteiger charge is -2.29. The Labute approximate surface area is 120 Å². The second-order valence-corrected chi connectivity index (χ2v) is 6.97. The van der Waals surface area contributed by atoms with Crippen molar-refractivity contribution in [1.82, 2.24) is 9.03 Å². The van der Waals surface area contributed by atoms with E-state index in [1.165, 1.54) is 4.31 Å². The van der Waals surface area contributed by atoms with Gasteiger partial charge in [-0.3, -0.25) is 0 Å². The number of hydrogen-bond donors (Lipinski definition) is 1. The van der Waals surface area contributed by atoms with Gasteiger partial charge >= 0.3 is 0 Å². The molecule has 5 nitrogen and oxygen atoms in total. The maximum Gasteiger partial charge on any atom is 0.279 e. The minimum Gasteiger partial charge on any atom is -0.198 e. The van der Waals surface area contributed by atoms with Gasteiger partial charge in [0.25, 0.3) is 10.2 Å². The number of nitrogens with zero attached hydrogens (tertiary/aromatic N) is 2. The number of benzene rings is 1. The average Bonchev–Trinajstić information content (AvgIpc) is 2.46. The van der Waals surface area contributed by atoms with Crippen molar-refractivity contribution in [2.24, 2.45) is 5.92 Å². The predicted octanol–water partition coefficient (Wildman–Crippen LogP) is 1.62. The fourth-order valence-electron chi connectivity index (χ4n) is 2.19. The van der Waals surface area contributed by atoms with E-state index < -0.39 is 10.2 Å². The highest BCUT2D eigenvalue weighted by Crippen LogP contribution is 2.18. The van der Waals surface area contributed by atoms with Crippen LogP contribution in [0.1, 0.15) is 30.9 Å². The Hall–Kier alpha value is -1.42. The van der Waals surface area contributed by atoms with Crippen molar-refractivity contribution in [2.45, 2.75) is 26.3 Å². The maximum absolute atomic E-state index is 12.2. The Kier molecular flexibility index (Phi) is 4.76. The molecule has 0 radical (unpaired) electrons. The standard InChI is InChI=1S/C14H19N3O2S/c1-12-6-8-17(9-7-12)20(18,19)16-11-14-4-2-13(10-15)3-5-14/h2-5,12,16H,6-9,11H2,1H3. The maximum atomic E-state index is 12.2. The fraction of sp³-hybridized carbons (Fsp3) is 0.500. The van der Waals surface area contributed by atoms with Crippen LogP contribution in [-0.2, 0) is 16.8 Å². The summed E-state index contributed by atoms with van der Waals surface area (Å²) >= 11 is 0. The van der Waals surface area contributed by atoms with E-state index in [0.29, 0.717) is 24.6 Å². The molecule has 0 aromatic heterocycles. The predicted molar refractivity (Wildman–Crippen MR) is 76.9 cm³/mol. The molecule has 108 valence electrons. The van der Waals surface area contributed by atoms with E-state index in [1.54, 1.807) is 24.3 Å². The summed E-state index contributed by atoms with van der Waals surface area (Å²) in [6.45, 7) is 3.57. The van der Waals surface area contributed by atoms with Gasteiger partial charge in [0, 0.05) is 19.6 Å². The summed E-state index contributed by atoms with van der Waals surface area (Å²) in [5.74, 6) is 0.597. The molecule has 0 amide bonds. The van der Waals surface area contributed by atoms with Crippen molar-refractivity contribution in [3.8, 4) is 6.07 Å². The Bertz CT molecular complexity index is 582. The molecule has 1 heterocycles. The van der Waals surface area contributed by atoms with Crippen molar-refractivity contribution in [1.29, 1.82) is 5.26 Å². The Balaban J connectivity index is 1.93. The third-order valence-electron chi connectivity index (χ3n) is 3.62. The highest BCUT2D eigenvalue weighted by molar-refractivity contribution is 7.87. The van der Waals surface area contributed by atoms with E-state index in [9.17, 15) is 8.42 Å². The van der Waals surface area contributed by atoms with Crippen LogP contribution in [0.25, 0.3) is 0 Å². The SMILES string of the molecule is CC1CCN(S(=O)(=O)NCc2ccc(C#N)cc2)CC1. The van der Waals surface area contributed by atoms with Crippen LogP contribution in [0.4, 0.5) is 0 Å². The molecule has 20 heavy (non-hydrogen) atoms. The average molecular weight is 293 g/mol. The second kappa shape index (κ2) is 6.35. The van der Waals surface area contributed by atoms with Crippen molar-refractivity contribution < 1.29 is 8.42 Å². The summed E-state index contributed by atoms with van der Waals surface area (Å²) in [5, 5.41) is 8.71. The second-order valence-electron chi connectivity index (χ2n) is 5.22.